The average molecular weight is 292 g/mol. The van der Waals surface area contributed by atoms with Crippen LogP contribution in [-0.4, -0.2) is 6.54 Å². The molecule has 0 aromatic carbocycles. The fourth-order valence-electron chi connectivity index (χ4n) is 2.92. The van der Waals surface area contributed by atoms with Crippen molar-refractivity contribution >= 4 is 12.6 Å². The fraction of sp³-hybridized carbons (Fsp3) is 0.667. The number of hydrogen-bond acceptors (Lipinski definition) is 2. The first-order valence-electron chi connectivity index (χ1n) is 8.20. The van der Waals surface area contributed by atoms with Gasteiger partial charge in [-0.05, 0) is 66.4 Å². The van der Waals surface area contributed by atoms with E-state index in [2.05, 4.69) is 31.8 Å². The molecule has 0 aliphatic heterocycles. The van der Waals surface area contributed by atoms with Gasteiger partial charge in [0.25, 0.3) is 0 Å². The highest BCUT2D eigenvalue weighted by Crippen LogP contribution is 2.41. The second-order valence-corrected chi connectivity index (χ2v) is 6.87. The molecule has 1 atom stereocenters. The highest BCUT2D eigenvalue weighted by molar-refractivity contribution is 7.84. The van der Waals surface area contributed by atoms with Crippen LogP contribution in [0.5, 0.6) is 0 Å². The Morgan fingerprint density at radius 3 is 2.75 bits per heavy atom. The predicted molar refractivity (Wildman–Crippen MR) is 91.9 cm³/mol. The minimum atomic E-state index is 0.617. The van der Waals surface area contributed by atoms with Gasteiger partial charge in [0.2, 0.25) is 0 Å². The molecule has 0 aromatic heterocycles. The Hall–Kier alpha value is -0.630. The van der Waals surface area contributed by atoms with Crippen LogP contribution >= 0.6 is 12.6 Å². The molecule has 2 aliphatic carbocycles. The van der Waals surface area contributed by atoms with Crippen LogP contribution in [0.2, 0.25) is 0 Å². The van der Waals surface area contributed by atoms with Crippen LogP contribution in [0.4, 0.5) is 0 Å². The topological polar surface area (TPSA) is 12.0 Å². The Labute approximate surface area is 130 Å². The number of rotatable bonds is 7. The van der Waals surface area contributed by atoms with Gasteiger partial charge in [0.15, 0.2) is 0 Å². The molecule has 1 fully saturated rings. The third-order valence-electron chi connectivity index (χ3n) is 4.36. The van der Waals surface area contributed by atoms with E-state index in [9.17, 15) is 0 Å². The molecule has 2 heteroatoms. The van der Waals surface area contributed by atoms with Crippen LogP contribution in [0, 0.1) is 11.8 Å². The van der Waals surface area contributed by atoms with E-state index >= 15 is 0 Å². The van der Waals surface area contributed by atoms with Gasteiger partial charge in [0.05, 0.1) is 0 Å². The molecule has 1 saturated carbocycles. The molecule has 0 heterocycles. The molecule has 1 nitrogen and oxygen atoms in total. The van der Waals surface area contributed by atoms with Gasteiger partial charge < -0.3 is 5.32 Å². The minimum Gasteiger partial charge on any atom is -0.385 e. The molecule has 0 radical (unpaired) electrons. The molecule has 0 amide bonds. The van der Waals surface area contributed by atoms with Crippen molar-refractivity contribution in [2.75, 3.05) is 6.54 Å². The number of thiol groups is 1. The lowest BCUT2D eigenvalue weighted by molar-refractivity contribution is 0.551. The quantitative estimate of drug-likeness (QED) is 0.372. The van der Waals surface area contributed by atoms with Crippen molar-refractivity contribution in [2.45, 2.75) is 58.8 Å². The van der Waals surface area contributed by atoms with E-state index < -0.39 is 0 Å². The summed E-state index contributed by atoms with van der Waals surface area (Å²) >= 11 is 4.77. The second-order valence-electron chi connectivity index (χ2n) is 6.33. The van der Waals surface area contributed by atoms with Gasteiger partial charge in [-0.3, -0.25) is 0 Å². The standard InChI is InChI=1S/C18H29NS/c1-4-5-11-19-14(3)16(12-15-9-10-15)18-13(2)7-6-8-17(18)20/h12-13,15,19-20H,3-11H2,1-2H3/b16-12+. The molecule has 20 heavy (non-hydrogen) atoms. The lowest BCUT2D eigenvalue weighted by Gasteiger charge is -2.27. The molecule has 1 N–H and O–H groups in total. The van der Waals surface area contributed by atoms with E-state index in [0.717, 1.165) is 24.6 Å². The number of allylic oxidation sites excluding steroid dienone is 3. The van der Waals surface area contributed by atoms with E-state index in [1.54, 1.807) is 0 Å². The molecule has 2 aliphatic rings. The van der Waals surface area contributed by atoms with Crippen molar-refractivity contribution in [1.82, 2.24) is 5.32 Å². The first-order chi connectivity index (χ1) is 9.63. The summed E-state index contributed by atoms with van der Waals surface area (Å²) in [7, 11) is 0. The Balaban J connectivity index is 2.17. The van der Waals surface area contributed by atoms with Gasteiger partial charge in [0.1, 0.15) is 0 Å². The summed E-state index contributed by atoms with van der Waals surface area (Å²) < 4.78 is 0. The summed E-state index contributed by atoms with van der Waals surface area (Å²) in [6.07, 6.45) is 11.3. The first-order valence-corrected chi connectivity index (χ1v) is 8.65. The van der Waals surface area contributed by atoms with Gasteiger partial charge in [-0.15, -0.1) is 12.6 Å². The summed E-state index contributed by atoms with van der Waals surface area (Å²) in [4.78, 5) is 1.29. The van der Waals surface area contributed by atoms with E-state index in [1.165, 1.54) is 54.6 Å². The largest absolute Gasteiger partial charge is 0.385 e. The maximum absolute atomic E-state index is 4.77. The summed E-state index contributed by atoms with van der Waals surface area (Å²) in [5.74, 6) is 1.39. The van der Waals surface area contributed by atoms with Crippen molar-refractivity contribution < 1.29 is 0 Å². The Kier molecular flexibility index (Phi) is 5.83. The SMILES string of the molecule is C=C(NCCCC)/C(=C\C1CC1)C1=C(S)CCCC1C. The van der Waals surface area contributed by atoms with E-state index in [4.69, 9.17) is 12.6 Å². The number of unbranched alkanes of at least 4 members (excludes halogenated alkanes) is 1. The zero-order chi connectivity index (χ0) is 14.5. The van der Waals surface area contributed by atoms with Gasteiger partial charge in [0, 0.05) is 12.2 Å². The van der Waals surface area contributed by atoms with Crippen molar-refractivity contribution in [1.29, 1.82) is 0 Å². The minimum absolute atomic E-state index is 0.617. The van der Waals surface area contributed by atoms with Crippen molar-refractivity contribution in [3.8, 4) is 0 Å². The molecule has 0 spiro atoms. The van der Waals surface area contributed by atoms with Crippen LogP contribution < -0.4 is 5.32 Å². The molecule has 1 unspecified atom stereocenters. The molecule has 2 rings (SSSR count). The number of nitrogens with one attached hydrogen (secondary N) is 1. The number of hydrogen-bond donors (Lipinski definition) is 2. The van der Waals surface area contributed by atoms with Gasteiger partial charge in [-0.1, -0.05) is 32.9 Å². The summed E-state index contributed by atoms with van der Waals surface area (Å²) in [6.45, 7) is 9.90. The summed E-state index contributed by atoms with van der Waals surface area (Å²) in [5.41, 5.74) is 3.93. The van der Waals surface area contributed by atoms with Crippen LogP contribution in [-0.2, 0) is 0 Å². The second kappa shape index (κ2) is 7.40. The van der Waals surface area contributed by atoms with Crippen molar-refractivity contribution in [3.63, 3.8) is 0 Å². The van der Waals surface area contributed by atoms with E-state index in [1.807, 2.05) is 0 Å². The highest BCUT2D eigenvalue weighted by Gasteiger charge is 2.26. The molecular weight excluding hydrogens is 262 g/mol. The summed E-state index contributed by atoms with van der Waals surface area (Å²) in [5, 5.41) is 3.52. The monoisotopic (exact) mass is 291 g/mol. The first kappa shape index (κ1) is 15.8. The molecular formula is C18H29NS. The van der Waals surface area contributed by atoms with Gasteiger partial charge in [-0.25, -0.2) is 0 Å². The average Bonchev–Trinajstić information content (AvgIpc) is 3.21. The van der Waals surface area contributed by atoms with Gasteiger partial charge in [-0.2, -0.15) is 0 Å². The van der Waals surface area contributed by atoms with Crippen LogP contribution in [0.15, 0.2) is 34.4 Å². The maximum atomic E-state index is 4.77. The fourth-order valence-corrected chi connectivity index (χ4v) is 3.42. The van der Waals surface area contributed by atoms with E-state index in [-0.39, 0.29) is 0 Å². The van der Waals surface area contributed by atoms with Crippen LogP contribution in [0.25, 0.3) is 0 Å². The Morgan fingerprint density at radius 2 is 2.15 bits per heavy atom. The van der Waals surface area contributed by atoms with Crippen molar-refractivity contribution in [3.05, 3.63) is 34.4 Å². The Morgan fingerprint density at radius 1 is 1.40 bits per heavy atom. The predicted octanol–water partition coefficient (Wildman–Crippen LogP) is 5.23. The summed E-state index contributed by atoms with van der Waals surface area (Å²) in [6, 6.07) is 0. The molecule has 0 aromatic rings. The zero-order valence-corrected chi connectivity index (χ0v) is 13.9. The van der Waals surface area contributed by atoms with Crippen LogP contribution in [0.3, 0.4) is 0 Å². The maximum Gasteiger partial charge on any atom is 0.0340 e. The third kappa shape index (κ3) is 4.18. The third-order valence-corrected chi connectivity index (χ3v) is 4.83. The lowest BCUT2D eigenvalue weighted by atomic mass is 9.83. The normalized spacial score (nSPS) is 23.9. The Bertz CT molecular complexity index is 415. The highest BCUT2D eigenvalue weighted by atomic mass is 32.1. The molecule has 112 valence electrons. The smallest absolute Gasteiger partial charge is 0.0340 e. The molecule has 0 saturated heterocycles. The van der Waals surface area contributed by atoms with E-state index in [0.29, 0.717) is 5.92 Å². The van der Waals surface area contributed by atoms with Crippen molar-refractivity contribution in [2.24, 2.45) is 11.8 Å². The van der Waals surface area contributed by atoms with Gasteiger partial charge >= 0.3 is 0 Å². The zero-order valence-electron chi connectivity index (χ0n) is 13.0. The van der Waals surface area contributed by atoms with Crippen LogP contribution in [0.1, 0.15) is 58.8 Å². The lowest BCUT2D eigenvalue weighted by Crippen LogP contribution is -2.20. The molecule has 0 bridgehead atoms.